The number of benzene rings is 1. The molecule has 0 heterocycles. The molecule has 0 aromatic heterocycles. The molecule has 5 nitrogen and oxygen atoms in total. The number of nitrogens with two attached hydrogens (primary N) is 1. The summed E-state index contributed by atoms with van der Waals surface area (Å²) in [6.45, 7) is 1.79. The highest BCUT2D eigenvalue weighted by molar-refractivity contribution is 6.01. The summed E-state index contributed by atoms with van der Waals surface area (Å²) >= 11 is 0. The van der Waals surface area contributed by atoms with E-state index in [2.05, 4.69) is 0 Å². The fourth-order valence-corrected chi connectivity index (χ4v) is 1.65. The fourth-order valence-electron chi connectivity index (χ4n) is 1.65. The van der Waals surface area contributed by atoms with Gasteiger partial charge in [-0.2, -0.15) is 0 Å². The van der Waals surface area contributed by atoms with Crippen molar-refractivity contribution in [1.29, 1.82) is 0 Å². The summed E-state index contributed by atoms with van der Waals surface area (Å²) in [5.41, 5.74) is 6.97. The van der Waals surface area contributed by atoms with Gasteiger partial charge in [-0.1, -0.05) is 0 Å². The second-order valence-electron chi connectivity index (χ2n) is 4.08. The second kappa shape index (κ2) is 6.16. The molecule has 0 radical (unpaired) electrons. The minimum atomic E-state index is -0.954. The molecule has 1 unspecified atom stereocenters. The zero-order chi connectivity index (χ0) is 13.7. The highest BCUT2D eigenvalue weighted by Gasteiger charge is 2.18. The van der Waals surface area contributed by atoms with Crippen molar-refractivity contribution in [3.63, 3.8) is 0 Å². The van der Waals surface area contributed by atoms with E-state index in [1.165, 1.54) is 0 Å². The minimum Gasteiger partial charge on any atom is -0.497 e. The summed E-state index contributed by atoms with van der Waals surface area (Å²) in [6, 6.07) is 4.30. The molecular formula is C13H17NO4. The number of carbonyl (C=O) groups is 2. The topological polar surface area (TPSA) is 89.6 Å². The molecule has 0 spiro atoms. The van der Waals surface area contributed by atoms with Crippen LogP contribution in [0.15, 0.2) is 18.2 Å². The number of aryl methyl sites for hydroxylation is 1. The van der Waals surface area contributed by atoms with Crippen LogP contribution < -0.4 is 10.5 Å². The van der Waals surface area contributed by atoms with Gasteiger partial charge in [-0.05, 0) is 37.1 Å². The predicted molar refractivity (Wildman–Crippen MR) is 66.9 cm³/mol. The first kappa shape index (κ1) is 14.2. The average molecular weight is 251 g/mol. The quantitative estimate of drug-likeness (QED) is 0.745. The molecule has 0 amide bonds. The average Bonchev–Trinajstić information content (AvgIpc) is 2.34. The standard InChI is InChI=1S/C13H17NO4/c1-8-7-9(18-2)3-4-10(8)13(17)11(14)5-6-12(15)16/h3-4,7,11H,5-6,14H2,1-2H3,(H,15,16). The maximum Gasteiger partial charge on any atom is 0.303 e. The normalized spacial score (nSPS) is 11.9. The Labute approximate surface area is 106 Å². The third-order valence-electron chi connectivity index (χ3n) is 2.71. The second-order valence-corrected chi connectivity index (χ2v) is 4.08. The number of ketones is 1. The first-order chi connectivity index (χ1) is 8.45. The maximum atomic E-state index is 12.0. The Morgan fingerprint density at radius 2 is 2.11 bits per heavy atom. The highest BCUT2D eigenvalue weighted by atomic mass is 16.5. The van der Waals surface area contributed by atoms with Crippen LogP contribution in [0.3, 0.4) is 0 Å². The molecule has 5 heteroatoms. The Hall–Kier alpha value is -1.88. The van der Waals surface area contributed by atoms with Crippen LogP contribution in [0.2, 0.25) is 0 Å². The third kappa shape index (κ3) is 3.56. The summed E-state index contributed by atoms with van der Waals surface area (Å²) in [5, 5.41) is 8.55. The number of aliphatic carboxylic acids is 1. The third-order valence-corrected chi connectivity index (χ3v) is 2.71. The first-order valence-electron chi connectivity index (χ1n) is 5.62. The minimum absolute atomic E-state index is 0.109. The lowest BCUT2D eigenvalue weighted by molar-refractivity contribution is -0.137. The van der Waals surface area contributed by atoms with Crippen molar-refractivity contribution >= 4 is 11.8 Å². The Morgan fingerprint density at radius 1 is 1.44 bits per heavy atom. The largest absolute Gasteiger partial charge is 0.497 e. The molecule has 1 aromatic carbocycles. The van der Waals surface area contributed by atoms with Crippen molar-refractivity contribution in [1.82, 2.24) is 0 Å². The molecular weight excluding hydrogens is 234 g/mol. The molecule has 0 aliphatic rings. The van der Waals surface area contributed by atoms with Gasteiger partial charge in [-0.15, -0.1) is 0 Å². The maximum absolute atomic E-state index is 12.0. The van der Waals surface area contributed by atoms with Crippen LogP contribution >= 0.6 is 0 Å². The molecule has 1 atom stereocenters. The Balaban J connectivity index is 2.80. The van der Waals surface area contributed by atoms with E-state index >= 15 is 0 Å². The monoisotopic (exact) mass is 251 g/mol. The van der Waals surface area contributed by atoms with Gasteiger partial charge in [0.25, 0.3) is 0 Å². The SMILES string of the molecule is COc1ccc(C(=O)C(N)CCC(=O)O)c(C)c1. The van der Waals surface area contributed by atoms with Crippen molar-refractivity contribution in [2.24, 2.45) is 5.73 Å². The number of carboxylic acid groups (broad SMARTS) is 1. The summed E-state index contributed by atoms with van der Waals surface area (Å²) in [6.07, 6.45) is 0.0295. The number of ether oxygens (including phenoxy) is 1. The van der Waals surface area contributed by atoms with E-state index in [0.717, 1.165) is 5.56 Å². The van der Waals surface area contributed by atoms with Crippen molar-refractivity contribution in [2.75, 3.05) is 7.11 Å². The van der Waals surface area contributed by atoms with Gasteiger partial charge in [-0.3, -0.25) is 9.59 Å². The van der Waals surface area contributed by atoms with Crippen molar-refractivity contribution in [3.05, 3.63) is 29.3 Å². The summed E-state index contributed by atoms with van der Waals surface area (Å²) < 4.78 is 5.05. The molecule has 0 aliphatic heterocycles. The lowest BCUT2D eigenvalue weighted by atomic mass is 9.97. The van der Waals surface area contributed by atoms with E-state index in [1.807, 2.05) is 0 Å². The van der Waals surface area contributed by atoms with Crippen LogP contribution in [0.4, 0.5) is 0 Å². The van der Waals surface area contributed by atoms with E-state index in [4.69, 9.17) is 15.6 Å². The zero-order valence-corrected chi connectivity index (χ0v) is 10.5. The Morgan fingerprint density at radius 3 is 2.61 bits per heavy atom. The van der Waals surface area contributed by atoms with Crippen molar-refractivity contribution < 1.29 is 19.4 Å². The van der Waals surface area contributed by atoms with Crippen LogP contribution in [0.1, 0.15) is 28.8 Å². The number of hydrogen-bond donors (Lipinski definition) is 2. The molecule has 1 rings (SSSR count). The summed E-state index contributed by atoms with van der Waals surface area (Å²) in [7, 11) is 1.55. The van der Waals surface area contributed by atoms with E-state index < -0.39 is 12.0 Å². The number of carbonyl (C=O) groups excluding carboxylic acids is 1. The van der Waals surface area contributed by atoms with E-state index in [9.17, 15) is 9.59 Å². The fraction of sp³-hybridized carbons (Fsp3) is 0.385. The molecule has 0 bridgehead atoms. The van der Waals surface area contributed by atoms with E-state index in [0.29, 0.717) is 11.3 Å². The van der Waals surface area contributed by atoms with Gasteiger partial charge < -0.3 is 15.6 Å². The zero-order valence-electron chi connectivity index (χ0n) is 10.5. The van der Waals surface area contributed by atoms with Gasteiger partial charge in [0.2, 0.25) is 0 Å². The molecule has 0 saturated carbocycles. The number of methoxy groups -OCH3 is 1. The van der Waals surface area contributed by atoms with Gasteiger partial charge in [-0.25, -0.2) is 0 Å². The van der Waals surface area contributed by atoms with Gasteiger partial charge >= 0.3 is 5.97 Å². The van der Waals surface area contributed by atoms with Crippen molar-refractivity contribution in [3.8, 4) is 5.75 Å². The number of carboxylic acids is 1. The summed E-state index contributed by atoms with van der Waals surface area (Å²) in [5.74, 6) is -0.524. The molecule has 1 aromatic rings. The van der Waals surface area contributed by atoms with Crippen LogP contribution in [-0.4, -0.2) is 30.0 Å². The first-order valence-corrected chi connectivity index (χ1v) is 5.62. The number of rotatable bonds is 6. The lowest BCUT2D eigenvalue weighted by Crippen LogP contribution is -2.31. The van der Waals surface area contributed by atoms with Crippen LogP contribution in [0.5, 0.6) is 5.75 Å². The molecule has 98 valence electrons. The Kier molecular flexibility index (Phi) is 4.85. The van der Waals surface area contributed by atoms with Gasteiger partial charge in [0.05, 0.1) is 13.2 Å². The smallest absolute Gasteiger partial charge is 0.303 e. The van der Waals surface area contributed by atoms with Gasteiger partial charge in [0, 0.05) is 12.0 Å². The number of Topliss-reactive ketones (excluding diaryl/α,β-unsaturated/α-hetero) is 1. The van der Waals surface area contributed by atoms with Crippen LogP contribution in [-0.2, 0) is 4.79 Å². The molecule has 3 N–H and O–H groups in total. The lowest BCUT2D eigenvalue weighted by Gasteiger charge is -2.12. The Bertz CT molecular complexity index is 456. The molecule has 0 fully saturated rings. The van der Waals surface area contributed by atoms with Crippen molar-refractivity contribution in [2.45, 2.75) is 25.8 Å². The highest BCUT2D eigenvalue weighted by Crippen LogP contribution is 2.18. The van der Waals surface area contributed by atoms with Crippen LogP contribution in [0.25, 0.3) is 0 Å². The number of hydrogen-bond acceptors (Lipinski definition) is 4. The predicted octanol–water partition coefficient (Wildman–Crippen LogP) is 1.38. The van der Waals surface area contributed by atoms with E-state index in [1.54, 1.807) is 32.2 Å². The van der Waals surface area contributed by atoms with E-state index in [-0.39, 0.29) is 18.6 Å². The molecule has 18 heavy (non-hydrogen) atoms. The van der Waals surface area contributed by atoms with Gasteiger partial charge in [0.1, 0.15) is 5.75 Å². The van der Waals surface area contributed by atoms with Gasteiger partial charge in [0.15, 0.2) is 5.78 Å². The van der Waals surface area contributed by atoms with Crippen LogP contribution in [0, 0.1) is 6.92 Å². The molecule has 0 saturated heterocycles. The summed E-state index contributed by atoms with van der Waals surface area (Å²) in [4.78, 5) is 22.4. The molecule has 0 aliphatic carbocycles.